The SMILES string of the molecule is CCC(C)SCC(O)CCc1cccs1. The van der Waals surface area contributed by atoms with Gasteiger partial charge in [0.1, 0.15) is 0 Å². The van der Waals surface area contributed by atoms with Gasteiger partial charge in [-0.05, 0) is 30.7 Å². The van der Waals surface area contributed by atoms with Gasteiger partial charge in [0.2, 0.25) is 0 Å². The third kappa shape index (κ3) is 5.59. The number of hydrogen-bond donors (Lipinski definition) is 1. The van der Waals surface area contributed by atoms with Crippen molar-refractivity contribution in [2.75, 3.05) is 5.75 Å². The summed E-state index contributed by atoms with van der Waals surface area (Å²) in [6.07, 6.45) is 2.94. The van der Waals surface area contributed by atoms with Crippen LogP contribution in [-0.4, -0.2) is 22.2 Å². The molecule has 1 aromatic heterocycles. The molecule has 15 heavy (non-hydrogen) atoms. The van der Waals surface area contributed by atoms with E-state index in [0.717, 1.165) is 18.6 Å². The number of aliphatic hydroxyl groups is 1. The summed E-state index contributed by atoms with van der Waals surface area (Å²) in [6.45, 7) is 4.41. The Labute approximate surface area is 101 Å². The van der Waals surface area contributed by atoms with Crippen LogP contribution in [0.2, 0.25) is 0 Å². The third-order valence-electron chi connectivity index (χ3n) is 2.45. The standard InChI is InChI=1S/C12H20OS2/c1-3-10(2)15-9-11(13)6-7-12-5-4-8-14-12/h4-5,8,10-11,13H,3,6-7,9H2,1-2H3. The summed E-state index contributed by atoms with van der Waals surface area (Å²) in [5.41, 5.74) is 0. The minimum absolute atomic E-state index is 0.147. The largest absolute Gasteiger partial charge is 0.392 e. The van der Waals surface area contributed by atoms with Gasteiger partial charge in [-0.25, -0.2) is 0 Å². The molecule has 86 valence electrons. The maximum absolute atomic E-state index is 9.78. The lowest BCUT2D eigenvalue weighted by molar-refractivity contribution is 0.189. The first-order valence-electron chi connectivity index (χ1n) is 5.54. The summed E-state index contributed by atoms with van der Waals surface area (Å²) in [6, 6.07) is 4.21. The molecule has 0 radical (unpaired) electrons. The normalized spacial score (nSPS) is 15.1. The van der Waals surface area contributed by atoms with Crippen molar-refractivity contribution in [1.82, 2.24) is 0 Å². The average Bonchev–Trinajstić information content (AvgIpc) is 2.75. The van der Waals surface area contributed by atoms with Crippen molar-refractivity contribution in [2.45, 2.75) is 44.5 Å². The zero-order valence-electron chi connectivity index (χ0n) is 9.48. The molecule has 1 heterocycles. The highest BCUT2D eigenvalue weighted by molar-refractivity contribution is 7.99. The Bertz CT molecular complexity index is 246. The molecular weight excluding hydrogens is 224 g/mol. The van der Waals surface area contributed by atoms with Crippen molar-refractivity contribution in [3.05, 3.63) is 22.4 Å². The predicted molar refractivity (Wildman–Crippen MR) is 70.9 cm³/mol. The van der Waals surface area contributed by atoms with Crippen LogP contribution in [-0.2, 0) is 6.42 Å². The summed E-state index contributed by atoms with van der Waals surface area (Å²) >= 11 is 3.65. The van der Waals surface area contributed by atoms with E-state index in [-0.39, 0.29) is 6.10 Å². The third-order valence-corrected chi connectivity index (χ3v) is 4.87. The van der Waals surface area contributed by atoms with Gasteiger partial charge in [0.25, 0.3) is 0 Å². The predicted octanol–water partition coefficient (Wildman–Crippen LogP) is 3.57. The van der Waals surface area contributed by atoms with E-state index in [1.54, 1.807) is 11.3 Å². The highest BCUT2D eigenvalue weighted by Crippen LogP contribution is 2.18. The molecular formula is C12H20OS2. The Kier molecular flexibility index (Phi) is 6.37. The monoisotopic (exact) mass is 244 g/mol. The Morgan fingerprint density at radius 3 is 2.93 bits per heavy atom. The Morgan fingerprint density at radius 2 is 2.33 bits per heavy atom. The zero-order valence-corrected chi connectivity index (χ0v) is 11.1. The lowest BCUT2D eigenvalue weighted by atomic mass is 10.2. The molecule has 0 aliphatic heterocycles. The lowest BCUT2D eigenvalue weighted by Crippen LogP contribution is -2.12. The van der Waals surface area contributed by atoms with Crippen LogP contribution >= 0.6 is 23.1 Å². The number of hydrogen-bond acceptors (Lipinski definition) is 3. The van der Waals surface area contributed by atoms with Crippen molar-refractivity contribution in [3.63, 3.8) is 0 Å². The average molecular weight is 244 g/mol. The van der Waals surface area contributed by atoms with E-state index >= 15 is 0 Å². The van der Waals surface area contributed by atoms with E-state index in [9.17, 15) is 5.11 Å². The van der Waals surface area contributed by atoms with Gasteiger partial charge in [0.15, 0.2) is 0 Å². The summed E-state index contributed by atoms with van der Waals surface area (Å²) in [5.74, 6) is 0.875. The van der Waals surface area contributed by atoms with Crippen LogP contribution < -0.4 is 0 Å². The minimum Gasteiger partial charge on any atom is -0.392 e. The molecule has 0 amide bonds. The number of aliphatic hydroxyl groups excluding tert-OH is 1. The van der Waals surface area contributed by atoms with Crippen LogP contribution in [0.5, 0.6) is 0 Å². The first kappa shape index (κ1) is 13.1. The van der Waals surface area contributed by atoms with Gasteiger partial charge in [-0.2, -0.15) is 11.8 Å². The Hall–Kier alpha value is 0.01000. The van der Waals surface area contributed by atoms with E-state index < -0.39 is 0 Å². The topological polar surface area (TPSA) is 20.2 Å². The second-order valence-corrected chi connectivity index (χ2v) is 6.33. The van der Waals surface area contributed by atoms with Crippen LogP contribution in [0.3, 0.4) is 0 Å². The van der Waals surface area contributed by atoms with Gasteiger partial charge in [-0.3, -0.25) is 0 Å². The fourth-order valence-corrected chi connectivity index (χ4v) is 2.92. The van der Waals surface area contributed by atoms with E-state index in [4.69, 9.17) is 0 Å². The first-order chi connectivity index (χ1) is 7.22. The summed E-state index contributed by atoms with van der Waals surface area (Å²) in [4.78, 5) is 1.38. The fraction of sp³-hybridized carbons (Fsp3) is 0.667. The molecule has 0 spiro atoms. The molecule has 3 heteroatoms. The van der Waals surface area contributed by atoms with Crippen LogP contribution in [0, 0.1) is 0 Å². The number of thioether (sulfide) groups is 1. The van der Waals surface area contributed by atoms with Crippen molar-refractivity contribution < 1.29 is 5.11 Å². The van der Waals surface area contributed by atoms with Crippen molar-refractivity contribution in [2.24, 2.45) is 0 Å². The second kappa shape index (κ2) is 7.31. The smallest absolute Gasteiger partial charge is 0.0634 e. The van der Waals surface area contributed by atoms with E-state index in [1.807, 2.05) is 11.8 Å². The molecule has 1 rings (SSSR count). The molecule has 1 N–H and O–H groups in total. The van der Waals surface area contributed by atoms with Gasteiger partial charge in [0, 0.05) is 15.9 Å². The molecule has 0 fully saturated rings. The number of thiophene rings is 1. The molecule has 2 atom stereocenters. The van der Waals surface area contributed by atoms with E-state index in [2.05, 4.69) is 31.4 Å². The molecule has 0 aliphatic carbocycles. The molecule has 1 nitrogen and oxygen atoms in total. The maximum atomic E-state index is 9.78. The Balaban J connectivity index is 2.11. The van der Waals surface area contributed by atoms with Crippen molar-refractivity contribution in [1.29, 1.82) is 0 Å². The molecule has 0 aliphatic rings. The van der Waals surface area contributed by atoms with E-state index in [0.29, 0.717) is 5.25 Å². The molecule has 1 aromatic rings. The zero-order chi connectivity index (χ0) is 11.1. The Morgan fingerprint density at radius 1 is 1.53 bits per heavy atom. The summed E-state index contributed by atoms with van der Waals surface area (Å²) in [7, 11) is 0. The first-order valence-corrected chi connectivity index (χ1v) is 7.47. The van der Waals surface area contributed by atoms with Gasteiger partial charge in [-0.15, -0.1) is 11.3 Å². The molecule has 0 saturated heterocycles. The number of rotatable bonds is 7. The van der Waals surface area contributed by atoms with Crippen molar-refractivity contribution >= 4 is 23.1 Å². The van der Waals surface area contributed by atoms with Gasteiger partial charge in [0.05, 0.1) is 6.10 Å². The summed E-state index contributed by atoms with van der Waals surface area (Å²) < 4.78 is 0. The minimum atomic E-state index is -0.147. The van der Waals surface area contributed by atoms with Crippen molar-refractivity contribution in [3.8, 4) is 0 Å². The maximum Gasteiger partial charge on any atom is 0.0634 e. The van der Waals surface area contributed by atoms with Gasteiger partial charge in [-0.1, -0.05) is 19.9 Å². The van der Waals surface area contributed by atoms with Crippen LogP contribution in [0.1, 0.15) is 31.6 Å². The molecule has 2 unspecified atom stereocenters. The fourth-order valence-electron chi connectivity index (χ4n) is 1.24. The highest BCUT2D eigenvalue weighted by atomic mass is 32.2. The highest BCUT2D eigenvalue weighted by Gasteiger charge is 2.07. The van der Waals surface area contributed by atoms with Gasteiger partial charge < -0.3 is 5.11 Å². The molecule has 0 aromatic carbocycles. The van der Waals surface area contributed by atoms with Crippen LogP contribution in [0.25, 0.3) is 0 Å². The molecule has 0 saturated carbocycles. The second-order valence-electron chi connectivity index (χ2n) is 3.82. The lowest BCUT2D eigenvalue weighted by Gasteiger charge is -2.12. The van der Waals surface area contributed by atoms with Crippen LogP contribution in [0.15, 0.2) is 17.5 Å². The molecule has 0 bridgehead atoms. The van der Waals surface area contributed by atoms with Gasteiger partial charge >= 0.3 is 0 Å². The summed E-state index contributed by atoms with van der Waals surface area (Å²) in [5, 5.41) is 12.5. The number of aryl methyl sites for hydroxylation is 1. The quantitative estimate of drug-likeness (QED) is 0.791. The van der Waals surface area contributed by atoms with E-state index in [1.165, 1.54) is 11.3 Å². The van der Waals surface area contributed by atoms with Crippen LogP contribution in [0.4, 0.5) is 0 Å².